The lowest BCUT2D eigenvalue weighted by molar-refractivity contribution is 0.0919. The van der Waals surface area contributed by atoms with Crippen LogP contribution in [-0.4, -0.2) is 35.4 Å². The molecule has 27 heavy (non-hydrogen) atoms. The third-order valence-corrected chi connectivity index (χ3v) is 4.00. The number of carbonyl (C=O) groups excluding carboxylic acids is 2. The lowest BCUT2D eigenvalue weighted by Crippen LogP contribution is -2.40. The third kappa shape index (κ3) is 5.81. The maximum Gasteiger partial charge on any atom is 0.274 e. The molecule has 0 bridgehead atoms. The molecule has 1 aromatic carbocycles. The number of pyridine rings is 1. The van der Waals surface area contributed by atoms with Gasteiger partial charge < -0.3 is 15.5 Å². The van der Waals surface area contributed by atoms with Gasteiger partial charge in [-0.15, -0.1) is 0 Å². The molecule has 2 amide bonds. The van der Waals surface area contributed by atoms with Gasteiger partial charge in [-0.1, -0.05) is 0 Å². The summed E-state index contributed by atoms with van der Waals surface area (Å²) in [5.74, 6) is -0.585. The number of amides is 2. The van der Waals surface area contributed by atoms with Gasteiger partial charge in [0.2, 0.25) is 0 Å². The highest BCUT2D eigenvalue weighted by Gasteiger charge is 2.17. The van der Waals surface area contributed by atoms with E-state index in [1.54, 1.807) is 6.07 Å². The van der Waals surface area contributed by atoms with E-state index < -0.39 is 0 Å². The minimum Gasteiger partial charge on any atom is -0.372 e. The molecule has 6 nitrogen and oxygen atoms in total. The molecule has 1 heterocycles. The van der Waals surface area contributed by atoms with E-state index in [0.29, 0.717) is 11.3 Å². The summed E-state index contributed by atoms with van der Waals surface area (Å²) in [5, 5.41) is 5.70. The first kappa shape index (κ1) is 20.4. The van der Waals surface area contributed by atoms with Crippen LogP contribution in [0.2, 0.25) is 0 Å². The number of aromatic nitrogens is 1. The maximum atomic E-state index is 12.5. The third-order valence-electron chi connectivity index (χ3n) is 4.00. The van der Waals surface area contributed by atoms with Gasteiger partial charge in [0.05, 0.1) is 0 Å². The Hall–Kier alpha value is -2.89. The SMILES string of the molecule is CCN(CC)c1ccc(NC(=O)c2cc(C(=O)NC(C)(C)C)ccn2)cc1. The average molecular weight is 368 g/mol. The zero-order valence-electron chi connectivity index (χ0n) is 16.7. The Labute approximate surface area is 161 Å². The molecule has 0 fully saturated rings. The second-order valence-electron chi connectivity index (χ2n) is 7.31. The predicted molar refractivity (Wildman–Crippen MR) is 109 cm³/mol. The number of rotatable bonds is 6. The Balaban J connectivity index is 2.10. The van der Waals surface area contributed by atoms with E-state index in [9.17, 15) is 9.59 Å². The van der Waals surface area contributed by atoms with E-state index >= 15 is 0 Å². The largest absolute Gasteiger partial charge is 0.372 e. The number of carbonyl (C=O) groups is 2. The van der Waals surface area contributed by atoms with Crippen molar-refractivity contribution < 1.29 is 9.59 Å². The fourth-order valence-electron chi connectivity index (χ4n) is 2.65. The highest BCUT2D eigenvalue weighted by Crippen LogP contribution is 2.18. The van der Waals surface area contributed by atoms with Crippen molar-refractivity contribution in [2.45, 2.75) is 40.2 Å². The first-order valence-electron chi connectivity index (χ1n) is 9.18. The molecule has 1 aromatic heterocycles. The highest BCUT2D eigenvalue weighted by molar-refractivity contribution is 6.04. The van der Waals surface area contributed by atoms with Gasteiger partial charge in [0.25, 0.3) is 11.8 Å². The van der Waals surface area contributed by atoms with Gasteiger partial charge in [-0.3, -0.25) is 14.6 Å². The van der Waals surface area contributed by atoms with E-state index in [-0.39, 0.29) is 23.0 Å². The van der Waals surface area contributed by atoms with E-state index in [0.717, 1.165) is 18.8 Å². The topological polar surface area (TPSA) is 74.3 Å². The number of nitrogens with one attached hydrogen (secondary N) is 2. The first-order valence-corrected chi connectivity index (χ1v) is 9.18. The maximum absolute atomic E-state index is 12.5. The van der Waals surface area contributed by atoms with E-state index in [1.165, 1.54) is 12.3 Å². The normalized spacial score (nSPS) is 11.0. The number of hydrogen-bond donors (Lipinski definition) is 2. The van der Waals surface area contributed by atoms with Crippen LogP contribution in [0.25, 0.3) is 0 Å². The fraction of sp³-hybridized carbons (Fsp3) is 0.381. The molecule has 0 saturated heterocycles. The van der Waals surface area contributed by atoms with Crippen LogP contribution in [-0.2, 0) is 0 Å². The van der Waals surface area contributed by atoms with Crippen molar-refractivity contribution in [3.63, 3.8) is 0 Å². The van der Waals surface area contributed by atoms with E-state index in [1.807, 2.05) is 45.0 Å². The first-order chi connectivity index (χ1) is 12.7. The van der Waals surface area contributed by atoms with Gasteiger partial charge in [-0.25, -0.2) is 0 Å². The molecular weight excluding hydrogens is 340 g/mol. The number of benzene rings is 1. The molecule has 0 aliphatic rings. The Morgan fingerprint density at radius 3 is 2.19 bits per heavy atom. The van der Waals surface area contributed by atoms with Crippen LogP contribution in [0.15, 0.2) is 42.6 Å². The van der Waals surface area contributed by atoms with Crippen molar-refractivity contribution in [1.82, 2.24) is 10.3 Å². The Kier molecular flexibility index (Phi) is 6.55. The predicted octanol–water partition coefficient (Wildman–Crippen LogP) is 3.71. The monoisotopic (exact) mass is 368 g/mol. The van der Waals surface area contributed by atoms with Crippen molar-refractivity contribution in [1.29, 1.82) is 0 Å². The van der Waals surface area contributed by atoms with Gasteiger partial charge in [0.15, 0.2) is 0 Å². The molecule has 0 radical (unpaired) electrons. The Morgan fingerprint density at radius 2 is 1.63 bits per heavy atom. The zero-order valence-corrected chi connectivity index (χ0v) is 16.7. The van der Waals surface area contributed by atoms with Crippen LogP contribution >= 0.6 is 0 Å². The van der Waals surface area contributed by atoms with Crippen molar-refractivity contribution >= 4 is 23.2 Å². The minimum absolute atomic E-state index is 0.198. The summed E-state index contributed by atoms with van der Waals surface area (Å²) in [4.78, 5) is 31.1. The van der Waals surface area contributed by atoms with Crippen molar-refractivity contribution in [3.05, 3.63) is 53.9 Å². The minimum atomic E-state index is -0.352. The van der Waals surface area contributed by atoms with Gasteiger partial charge in [-0.2, -0.15) is 0 Å². The van der Waals surface area contributed by atoms with Crippen LogP contribution in [0, 0.1) is 0 Å². The molecule has 0 unspecified atom stereocenters. The van der Waals surface area contributed by atoms with Crippen LogP contribution in [0.3, 0.4) is 0 Å². The molecule has 2 aromatic rings. The molecule has 0 spiro atoms. The van der Waals surface area contributed by atoms with Gasteiger partial charge in [-0.05, 0) is 71.0 Å². The van der Waals surface area contributed by atoms with Gasteiger partial charge in [0, 0.05) is 41.8 Å². The van der Waals surface area contributed by atoms with Crippen molar-refractivity contribution in [2.24, 2.45) is 0 Å². The molecule has 2 N–H and O–H groups in total. The molecule has 0 saturated carbocycles. The van der Waals surface area contributed by atoms with Crippen LogP contribution in [0.5, 0.6) is 0 Å². The standard InChI is InChI=1S/C21H28N4O2/c1-6-25(7-2)17-10-8-16(9-11-17)23-20(27)18-14-15(12-13-22-18)19(26)24-21(3,4)5/h8-14H,6-7H2,1-5H3,(H,23,27)(H,24,26). The lowest BCUT2D eigenvalue weighted by Gasteiger charge is -2.21. The molecule has 0 atom stereocenters. The van der Waals surface area contributed by atoms with Crippen LogP contribution in [0.1, 0.15) is 55.5 Å². The highest BCUT2D eigenvalue weighted by atomic mass is 16.2. The number of anilines is 2. The molecular formula is C21H28N4O2. The molecule has 144 valence electrons. The summed E-state index contributed by atoms with van der Waals surface area (Å²) in [5.41, 5.74) is 2.04. The molecule has 6 heteroatoms. The van der Waals surface area contributed by atoms with Crippen molar-refractivity contribution in [2.75, 3.05) is 23.3 Å². The van der Waals surface area contributed by atoms with Gasteiger partial charge in [0.1, 0.15) is 5.69 Å². The summed E-state index contributed by atoms with van der Waals surface area (Å²) in [7, 11) is 0. The summed E-state index contributed by atoms with van der Waals surface area (Å²) >= 11 is 0. The number of nitrogens with zero attached hydrogens (tertiary/aromatic N) is 2. The Bertz CT molecular complexity index is 791. The summed E-state index contributed by atoms with van der Waals surface area (Å²) in [6.07, 6.45) is 1.47. The van der Waals surface area contributed by atoms with Crippen molar-refractivity contribution in [3.8, 4) is 0 Å². The molecule has 0 aliphatic carbocycles. The second-order valence-corrected chi connectivity index (χ2v) is 7.31. The van der Waals surface area contributed by atoms with E-state index in [4.69, 9.17) is 0 Å². The quantitative estimate of drug-likeness (QED) is 0.815. The second kappa shape index (κ2) is 8.66. The average Bonchev–Trinajstić information content (AvgIpc) is 2.63. The number of hydrogen-bond acceptors (Lipinski definition) is 4. The summed E-state index contributed by atoms with van der Waals surface area (Å²) in [6.45, 7) is 11.8. The summed E-state index contributed by atoms with van der Waals surface area (Å²) in [6, 6.07) is 10.8. The van der Waals surface area contributed by atoms with E-state index in [2.05, 4.69) is 34.4 Å². The Morgan fingerprint density at radius 1 is 1.00 bits per heavy atom. The lowest BCUT2D eigenvalue weighted by atomic mass is 10.1. The summed E-state index contributed by atoms with van der Waals surface area (Å²) < 4.78 is 0. The van der Waals surface area contributed by atoms with Crippen LogP contribution in [0.4, 0.5) is 11.4 Å². The molecule has 2 rings (SSSR count). The van der Waals surface area contributed by atoms with Crippen LogP contribution < -0.4 is 15.5 Å². The van der Waals surface area contributed by atoms with Gasteiger partial charge >= 0.3 is 0 Å². The molecule has 0 aliphatic heterocycles. The zero-order chi connectivity index (χ0) is 20.0. The smallest absolute Gasteiger partial charge is 0.274 e. The fourth-order valence-corrected chi connectivity index (χ4v) is 2.65.